The van der Waals surface area contributed by atoms with Crippen molar-refractivity contribution in [2.24, 2.45) is 0 Å². The summed E-state index contributed by atoms with van der Waals surface area (Å²) < 4.78 is 6.42. The Balaban J connectivity index is 1.69. The molecular weight excluding hydrogens is 374 g/mol. The molecular formula is C17H22BrN3O3. The zero-order valence-corrected chi connectivity index (χ0v) is 15.7. The minimum absolute atomic E-state index is 0.00224. The third-order valence-corrected chi connectivity index (χ3v) is 4.67. The van der Waals surface area contributed by atoms with Gasteiger partial charge in [-0.2, -0.15) is 0 Å². The van der Waals surface area contributed by atoms with Crippen molar-refractivity contribution in [2.75, 3.05) is 31.1 Å². The summed E-state index contributed by atoms with van der Waals surface area (Å²) in [7, 11) is 0. The average Bonchev–Trinajstić information content (AvgIpc) is 2.83. The first kappa shape index (κ1) is 17.1. The molecule has 1 aromatic carbocycles. The highest BCUT2D eigenvalue weighted by molar-refractivity contribution is 9.10. The van der Waals surface area contributed by atoms with Gasteiger partial charge in [0.1, 0.15) is 5.60 Å². The van der Waals surface area contributed by atoms with Crippen LogP contribution in [-0.4, -0.2) is 59.7 Å². The molecule has 3 rings (SSSR count). The van der Waals surface area contributed by atoms with Crippen molar-refractivity contribution in [3.8, 4) is 0 Å². The highest BCUT2D eigenvalue weighted by Gasteiger charge is 2.42. The standard InChI is InChI=1S/C17H22BrN3O3/c1-17(2,3)24-16(23)19-8-9-20-14(10-19)11-21(15(20)22)13-6-4-12(18)5-7-13/h4-7,14H,8-11H2,1-3H3/t14-/m0/s1. The highest BCUT2D eigenvalue weighted by Crippen LogP contribution is 2.27. The summed E-state index contributed by atoms with van der Waals surface area (Å²) in [6.45, 7) is 7.70. The van der Waals surface area contributed by atoms with Crippen LogP contribution in [0.15, 0.2) is 28.7 Å². The summed E-state index contributed by atoms with van der Waals surface area (Å²) in [5.41, 5.74) is 0.366. The predicted octanol–water partition coefficient (Wildman–Crippen LogP) is 3.31. The minimum atomic E-state index is -0.511. The van der Waals surface area contributed by atoms with Gasteiger partial charge in [0.2, 0.25) is 0 Å². The molecule has 0 N–H and O–H groups in total. The topological polar surface area (TPSA) is 53.1 Å². The number of urea groups is 1. The number of hydrogen-bond acceptors (Lipinski definition) is 3. The number of fused-ring (bicyclic) bond motifs is 1. The van der Waals surface area contributed by atoms with Crippen molar-refractivity contribution in [1.82, 2.24) is 9.80 Å². The van der Waals surface area contributed by atoms with Crippen molar-refractivity contribution < 1.29 is 14.3 Å². The van der Waals surface area contributed by atoms with Crippen LogP contribution in [0.2, 0.25) is 0 Å². The molecule has 3 amide bonds. The van der Waals surface area contributed by atoms with Gasteiger partial charge in [0.05, 0.1) is 6.04 Å². The molecule has 1 atom stereocenters. The molecule has 2 aliphatic heterocycles. The molecule has 0 radical (unpaired) electrons. The van der Waals surface area contributed by atoms with Crippen LogP contribution >= 0.6 is 15.9 Å². The largest absolute Gasteiger partial charge is 0.444 e. The fraction of sp³-hybridized carbons (Fsp3) is 0.529. The van der Waals surface area contributed by atoms with Gasteiger partial charge in [-0.15, -0.1) is 0 Å². The van der Waals surface area contributed by atoms with Crippen LogP contribution in [0.25, 0.3) is 0 Å². The fourth-order valence-corrected chi connectivity index (χ4v) is 3.30. The summed E-state index contributed by atoms with van der Waals surface area (Å²) in [5, 5.41) is 0. The summed E-state index contributed by atoms with van der Waals surface area (Å²) in [6, 6.07) is 7.70. The molecule has 2 fully saturated rings. The van der Waals surface area contributed by atoms with Crippen LogP contribution in [-0.2, 0) is 4.74 Å². The number of carbonyl (C=O) groups is 2. The van der Waals surface area contributed by atoms with Crippen LogP contribution in [0.5, 0.6) is 0 Å². The number of benzene rings is 1. The van der Waals surface area contributed by atoms with E-state index in [1.807, 2.05) is 49.9 Å². The van der Waals surface area contributed by atoms with Gasteiger partial charge in [-0.3, -0.25) is 4.90 Å². The number of halogens is 1. The number of piperazine rings is 1. The Bertz CT molecular complexity index is 641. The lowest BCUT2D eigenvalue weighted by Gasteiger charge is -2.36. The second-order valence-electron chi connectivity index (χ2n) is 7.14. The fourth-order valence-electron chi connectivity index (χ4n) is 3.04. The van der Waals surface area contributed by atoms with Crippen LogP contribution in [0.4, 0.5) is 15.3 Å². The zero-order valence-electron chi connectivity index (χ0n) is 14.2. The van der Waals surface area contributed by atoms with Gasteiger partial charge in [-0.05, 0) is 45.0 Å². The Hall–Kier alpha value is -1.76. The lowest BCUT2D eigenvalue weighted by Crippen LogP contribution is -2.54. The first-order valence-electron chi connectivity index (χ1n) is 8.06. The lowest BCUT2D eigenvalue weighted by molar-refractivity contribution is 0.0128. The normalized spacial score (nSPS) is 21.1. The second kappa shape index (κ2) is 6.27. The van der Waals surface area contributed by atoms with E-state index in [0.717, 1.165) is 10.2 Å². The van der Waals surface area contributed by atoms with Crippen molar-refractivity contribution >= 4 is 33.7 Å². The van der Waals surface area contributed by atoms with E-state index in [4.69, 9.17) is 4.74 Å². The van der Waals surface area contributed by atoms with E-state index in [1.165, 1.54) is 0 Å². The zero-order chi connectivity index (χ0) is 17.5. The van der Waals surface area contributed by atoms with Gasteiger partial charge in [0, 0.05) is 36.3 Å². The molecule has 0 aliphatic carbocycles. The molecule has 0 saturated carbocycles. The molecule has 2 heterocycles. The number of hydrogen-bond donors (Lipinski definition) is 0. The third kappa shape index (κ3) is 3.50. The molecule has 1 aromatic rings. The maximum atomic E-state index is 12.6. The summed E-state index contributed by atoms with van der Waals surface area (Å²) >= 11 is 3.41. The number of anilines is 1. The van der Waals surface area contributed by atoms with Crippen molar-refractivity contribution in [1.29, 1.82) is 0 Å². The lowest BCUT2D eigenvalue weighted by atomic mass is 10.2. The predicted molar refractivity (Wildman–Crippen MR) is 95.2 cm³/mol. The van der Waals surface area contributed by atoms with E-state index < -0.39 is 5.60 Å². The van der Waals surface area contributed by atoms with Gasteiger partial charge in [0.15, 0.2) is 0 Å². The molecule has 24 heavy (non-hydrogen) atoms. The summed E-state index contributed by atoms with van der Waals surface area (Å²) in [6.07, 6.45) is -0.309. The maximum absolute atomic E-state index is 12.6. The monoisotopic (exact) mass is 395 g/mol. The molecule has 0 spiro atoms. The molecule has 130 valence electrons. The number of rotatable bonds is 1. The number of nitrogens with zero attached hydrogens (tertiary/aromatic N) is 3. The number of amides is 3. The Kier molecular flexibility index (Phi) is 4.46. The molecule has 0 unspecified atom stereocenters. The quantitative estimate of drug-likeness (QED) is 0.732. The highest BCUT2D eigenvalue weighted by atomic mass is 79.9. The average molecular weight is 396 g/mol. The van der Waals surface area contributed by atoms with Crippen LogP contribution in [0, 0.1) is 0 Å². The minimum Gasteiger partial charge on any atom is -0.444 e. The smallest absolute Gasteiger partial charge is 0.410 e. The van der Waals surface area contributed by atoms with E-state index in [9.17, 15) is 9.59 Å². The molecule has 0 bridgehead atoms. The molecule has 2 saturated heterocycles. The molecule has 0 aromatic heterocycles. The molecule has 7 heteroatoms. The van der Waals surface area contributed by atoms with Gasteiger partial charge in [-0.25, -0.2) is 9.59 Å². The van der Waals surface area contributed by atoms with Crippen LogP contribution in [0.3, 0.4) is 0 Å². The van der Waals surface area contributed by atoms with Gasteiger partial charge in [-0.1, -0.05) is 15.9 Å². The third-order valence-electron chi connectivity index (χ3n) is 4.14. The molecule has 6 nitrogen and oxygen atoms in total. The number of ether oxygens (including phenoxy) is 1. The van der Waals surface area contributed by atoms with Crippen LogP contribution < -0.4 is 4.90 Å². The first-order valence-corrected chi connectivity index (χ1v) is 8.85. The summed E-state index contributed by atoms with van der Waals surface area (Å²) in [4.78, 5) is 30.2. The van der Waals surface area contributed by atoms with E-state index >= 15 is 0 Å². The van der Waals surface area contributed by atoms with Crippen LogP contribution in [0.1, 0.15) is 20.8 Å². The maximum Gasteiger partial charge on any atom is 0.410 e. The van der Waals surface area contributed by atoms with Crippen molar-refractivity contribution in [2.45, 2.75) is 32.4 Å². The van der Waals surface area contributed by atoms with Gasteiger partial charge in [0.25, 0.3) is 0 Å². The Labute approximate surface area is 150 Å². The Morgan fingerprint density at radius 3 is 2.46 bits per heavy atom. The number of carbonyl (C=O) groups excluding carboxylic acids is 2. The first-order chi connectivity index (χ1) is 11.2. The summed E-state index contributed by atoms with van der Waals surface area (Å²) in [5.74, 6) is 0. The van der Waals surface area contributed by atoms with E-state index in [0.29, 0.717) is 26.2 Å². The Morgan fingerprint density at radius 1 is 1.17 bits per heavy atom. The van der Waals surface area contributed by atoms with Gasteiger partial charge < -0.3 is 14.5 Å². The second-order valence-corrected chi connectivity index (χ2v) is 8.06. The SMILES string of the molecule is CC(C)(C)OC(=O)N1CCN2C(=O)N(c3ccc(Br)cc3)C[C@@H]2C1. The van der Waals surface area contributed by atoms with Gasteiger partial charge >= 0.3 is 12.1 Å². The van der Waals surface area contributed by atoms with E-state index in [1.54, 1.807) is 9.80 Å². The Morgan fingerprint density at radius 2 is 1.83 bits per heavy atom. The van der Waals surface area contributed by atoms with Crippen molar-refractivity contribution in [3.63, 3.8) is 0 Å². The van der Waals surface area contributed by atoms with E-state index in [-0.39, 0.29) is 18.2 Å². The van der Waals surface area contributed by atoms with Crippen molar-refractivity contribution in [3.05, 3.63) is 28.7 Å². The van der Waals surface area contributed by atoms with E-state index in [2.05, 4.69) is 15.9 Å². The molecule has 2 aliphatic rings.